The zero-order valence-corrected chi connectivity index (χ0v) is 14.5. The van der Waals surface area contributed by atoms with Crippen molar-refractivity contribution in [3.05, 3.63) is 51.0 Å². The van der Waals surface area contributed by atoms with Crippen LogP contribution in [-0.2, 0) is 13.1 Å². The van der Waals surface area contributed by atoms with Crippen LogP contribution in [0.2, 0.25) is 0 Å². The Morgan fingerprint density at radius 3 is 2.68 bits per heavy atom. The minimum atomic E-state index is 0.674. The van der Waals surface area contributed by atoms with E-state index in [1.54, 1.807) is 11.3 Å². The van der Waals surface area contributed by atoms with Gasteiger partial charge in [-0.1, -0.05) is 29.8 Å². The Kier molecular flexibility index (Phi) is 5.95. The first-order valence-electron chi connectivity index (χ1n) is 7.59. The van der Waals surface area contributed by atoms with Gasteiger partial charge in [0.05, 0.1) is 18.8 Å². The van der Waals surface area contributed by atoms with Crippen molar-refractivity contribution >= 4 is 17.3 Å². The van der Waals surface area contributed by atoms with Gasteiger partial charge in [-0.05, 0) is 33.3 Å². The standard InChI is InChI=1S/C17H24N4S/c1-5-18-17(19-10-15-8-6-7-12(2)9-15)20-11-16-21-13(3)14(4)22-16/h6-9H,5,10-11H2,1-4H3,(H2,18,19,20). The zero-order valence-electron chi connectivity index (χ0n) is 13.7. The third-order valence-electron chi connectivity index (χ3n) is 3.33. The highest BCUT2D eigenvalue weighted by molar-refractivity contribution is 7.11. The lowest BCUT2D eigenvalue weighted by Gasteiger charge is -2.10. The minimum Gasteiger partial charge on any atom is -0.357 e. The average molecular weight is 316 g/mol. The molecule has 118 valence electrons. The number of aliphatic imine (C=N–C) groups is 1. The second-order valence-corrected chi connectivity index (χ2v) is 6.57. The minimum absolute atomic E-state index is 0.674. The van der Waals surface area contributed by atoms with Crippen LogP contribution in [0.3, 0.4) is 0 Å². The molecule has 1 aromatic carbocycles. The van der Waals surface area contributed by atoms with Crippen LogP contribution in [0.5, 0.6) is 0 Å². The van der Waals surface area contributed by atoms with E-state index in [-0.39, 0.29) is 0 Å². The van der Waals surface area contributed by atoms with E-state index in [0.29, 0.717) is 13.1 Å². The van der Waals surface area contributed by atoms with Gasteiger partial charge in [-0.2, -0.15) is 0 Å². The average Bonchev–Trinajstić information content (AvgIpc) is 2.81. The van der Waals surface area contributed by atoms with Crippen LogP contribution >= 0.6 is 11.3 Å². The second-order valence-electron chi connectivity index (χ2n) is 5.29. The van der Waals surface area contributed by atoms with Crippen molar-refractivity contribution in [3.8, 4) is 0 Å². The van der Waals surface area contributed by atoms with Gasteiger partial charge in [0, 0.05) is 11.4 Å². The molecule has 2 rings (SSSR count). The Labute approximate surface area is 136 Å². The van der Waals surface area contributed by atoms with Crippen molar-refractivity contribution < 1.29 is 0 Å². The normalized spacial score (nSPS) is 11.5. The number of aromatic nitrogens is 1. The number of aryl methyl sites for hydroxylation is 3. The molecule has 0 radical (unpaired) electrons. The SMILES string of the molecule is CCNC(=NCc1cccc(C)c1)NCc1nc(C)c(C)s1. The maximum Gasteiger partial charge on any atom is 0.191 e. The molecule has 0 saturated heterocycles. The van der Waals surface area contributed by atoms with Crippen LogP contribution < -0.4 is 10.6 Å². The van der Waals surface area contributed by atoms with E-state index in [9.17, 15) is 0 Å². The molecular weight excluding hydrogens is 292 g/mol. The molecule has 2 N–H and O–H groups in total. The fourth-order valence-corrected chi connectivity index (χ4v) is 2.97. The third-order valence-corrected chi connectivity index (χ3v) is 4.40. The molecule has 0 fully saturated rings. The first-order chi connectivity index (χ1) is 10.6. The predicted molar refractivity (Wildman–Crippen MR) is 94.4 cm³/mol. The molecule has 0 aliphatic rings. The van der Waals surface area contributed by atoms with Crippen molar-refractivity contribution in [2.75, 3.05) is 6.54 Å². The van der Waals surface area contributed by atoms with E-state index >= 15 is 0 Å². The van der Waals surface area contributed by atoms with Gasteiger partial charge in [0.15, 0.2) is 5.96 Å². The lowest BCUT2D eigenvalue weighted by atomic mass is 10.1. The van der Waals surface area contributed by atoms with E-state index in [1.807, 2.05) is 6.92 Å². The fraction of sp³-hybridized carbons (Fsp3) is 0.412. The van der Waals surface area contributed by atoms with Crippen molar-refractivity contribution in [2.24, 2.45) is 4.99 Å². The lowest BCUT2D eigenvalue weighted by Crippen LogP contribution is -2.36. The van der Waals surface area contributed by atoms with Crippen molar-refractivity contribution in [1.29, 1.82) is 0 Å². The van der Waals surface area contributed by atoms with Gasteiger partial charge in [-0.3, -0.25) is 0 Å². The molecule has 1 heterocycles. The van der Waals surface area contributed by atoms with E-state index in [4.69, 9.17) is 0 Å². The number of rotatable bonds is 5. The van der Waals surface area contributed by atoms with Crippen molar-refractivity contribution in [2.45, 2.75) is 40.8 Å². The first-order valence-corrected chi connectivity index (χ1v) is 8.40. The third kappa shape index (κ3) is 4.84. The molecule has 0 aliphatic carbocycles. The molecule has 0 unspecified atom stereocenters. The topological polar surface area (TPSA) is 49.3 Å². The molecule has 22 heavy (non-hydrogen) atoms. The Bertz CT molecular complexity index is 626. The molecule has 0 bridgehead atoms. The molecule has 1 aromatic heterocycles. The summed E-state index contributed by atoms with van der Waals surface area (Å²) in [4.78, 5) is 10.5. The van der Waals surface area contributed by atoms with Crippen LogP contribution in [0.1, 0.15) is 33.6 Å². The number of guanidine groups is 1. The molecule has 5 heteroatoms. The maximum atomic E-state index is 4.64. The highest BCUT2D eigenvalue weighted by atomic mass is 32.1. The second kappa shape index (κ2) is 7.94. The molecule has 4 nitrogen and oxygen atoms in total. The Hall–Kier alpha value is -1.88. The van der Waals surface area contributed by atoms with E-state index in [2.05, 4.69) is 65.6 Å². The van der Waals surface area contributed by atoms with Gasteiger partial charge in [-0.15, -0.1) is 11.3 Å². The lowest BCUT2D eigenvalue weighted by molar-refractivity contribution is 0.809. The molecule has 0 saturated carbocycles. The van der Waals surface area contributed by atoms with Gasteiger partial charge in [0.2, 0.25) is 0 Å². The number of hydrogen-bond acceptors (Lipinski definition) is 3. The maximum absolute atomic E-state index is 4.64. The number of benzene rings is 1. The van der Waals surface area contributed by atoms with Crippen LogP contribution in [0, 0.1) is 20.8 Å². The number of nitrogens with zero attached hydrogens (tertiary/aromatic N) is 2. The van der Waals surface area contributed by atoms with E-state index in [0.717, 1.165) is 23.2 Å². The summed E-state index contributed by atoms with van der Waals surface area (Å²) >= 11 is 1.73. The highest BCUT2D eigenvalue weighted by Gasteiger charge is 2.04. The summed E-state index contributed by atoms with van der Waals surface area (Å²) in [5.41, 5.74) is 3.60. The number of nitrogens with one attached hydrogen (secondary N) is 2. The number of hydrogen-bond donors (Lipinski definition) is 2. The fourth-order valence-electron chi connectivity index (χ4n) is 2.10. The van der Waals surface area contributed by atoms with E-state index < -0.39 is 0 Å². The molecule has 0 amide bonds. The number of thiazole rings is 1. The monoisotopic (exact) mass is 316 g/mol. The highest BCUT2D eigenvalue weighted by Crippen LogP contribution is 2.15. The summed E-state index contributed by atoms with van der Waals surface area (Å²) in [6.07, 6.45) is 0. The molecule has 2 aromatic rings. The summed E-state index contributed by atoms with van der Waals surface area (Å²) in [5.74, 6) is 0.828. The molecule has 0 aliphatic heterocycles. The summed E-state index contributed by atoms with van der Waals surface area (Å²) < 4.78 is 0. The summed E-state index contributed by atoms with van der Waals surface area (Å²) in [5, 5.41) is 7.72. The summed E-state index contributed by atoms with van der Waals surface area (Å²) in [6, 6.07) is 8.44. The van der Waals surface area contributed by atoms with Gasteiger partial charge in [0.25, 0.3) is 0 Å². The predicted octanol–water partition coefficient (Wildman–Crippen LogP) is 3.32. The molecular formula is C17H24N4S. The molecule has 0 spiro atoms. The first kappa shape index (κ1) is 16.5. The van der Waals surface area contributed by atoms with Crippen molar-refractivity contribution in [1.82, 2.24) is 15.6 Å². The van der Waals surface area contributed by atoms with Gasteiger partial charge in [-0.25, -0.2) is 9.98 Å². The van der Waals surface area contributed by atoms with E-state index in [1.165, 1.54) is 16.0 Å². The van der Waals surface area contributed by atoms with Crippen LogP contribution in [0.25, 0.3) is 0 Å². The molecule has 0 atom stereocenters. The quantitative estimate of drug-likeness (QED) is 0.657. The summed E-state index contributed by atoms with van der Waals surface area (Å²) in [7, 11) is 0. The Morgan fingerprint density at radius 1 is 1.23 bits per heavy atom. The van der Waals surface area contributed by atoms with Crippen molar-refractivity contribution in [3.63, 3.8) is 0 Å². The smallest absolute Gasteiger partial charge is 0.191 e. The van der Waals surface area contributed by atoms with Crippen LogP contribution in [0.4, 0.5) is 0 Å². The van der Waals surface area contributed by atoms with Gasteiger partial charge < -0.3 is 10.6 Å². The summed E-state index contributed by atoms with van der Waals surface area (Å²) in [6.45, 7) is 10.5. The van der Waals surface area contributed by atoms with Crippen LogP contribution in [0.15, 0.2) is 29.3 Å². The Morgan fingerprint density at radius 2 is 2.05 bits per heavy atom. The van der Waals surface area contributed by atoms with Gasteiger partial charge >= 0.3 is 0 Å². The zero-order chi connectivity index (χ0) is 15.9. The van der Waals surface area contributed by atoms with Gasteiger partial charge in [0.1, 0.15) is 5.01 Å². The van der Waals surface area contributed by atoms with Crippen LogP contribution in [-0.4, -0.2) is 17.5 Å². The Balaban J connectivity index is 1.97. The largest absolute Gasteiger partial charge is 0.357 e.